The van der Waals surface area contributed by atoms with E-state index in [1.165, 1.54) is 12.0 Å². The van der Waals surface area contributed by atoms with Crippen LogP contribution in [0.4, 0.5) is 0 Å². The average Bonchev–Trinajstić information content (AvgIpc) is 2.98. The maximum Gasteiger partial charge on any atom is 0.0589 e. The fourth-order valence-corrected chi connectivity index (χ4v) is 2.47. The van der Waals surface area contributed by atoms with Crippen LogP contribution in [-0.2, 0) is 9.47 Å². The summed E-state index contributed by atoms with van der Waals surface area (Å²) in [4.78, 5) is 2.45. The van der Waals surface area contributed by atoms with Crippen LogP contribution in [0.2, 0.25) is 0 Å². The summed E-state index contributed by atoms with van der Waals surface area (Å²) in [6.07, 6.45) is 5.61. The Hall–Kier alpha value is -1.16. The van der Waals surface area contributed by atoms with Gasteiger partial charge in [0.05, 0.1) is 13.2 Å². The molecule has 0 N–H and O–H groups in total. The Kier molecular flexibility index (Phi) is 6.78. The van der Waals surface area contributed by atoms with Crippen molar-refractivity contribution in [3.8, 4) is 0 Å². The molecule has 1 aliphatic heterocycles. The molecule has 1 atom stereocenters. The van der Waals surface area contributed by atoms with Crippen LogP contribution in [0.25, 0.3) is 6.08 Å². The van der Waals surface area contributed by atoms with Gasteiger partial charge in [-0.15, -0.1) is 0 Å². The van der Waals surface area contributed by atoms with Gasteiger partial charge in [-0.05, 0) is 17.9 Å². The Morgan fingerprint density at radius 3 is 2.90 bits per heavy atom. The molecule has 2 rings (SSSR count). The molecule has 1 aromatic rings. The fraction of sp³-hybridized carbons (Fsp3) is 0.529. The van der Waals surface area contributed by atoms with Gasteiger partial charge in [-0.2, -0.15) is 0 Å². The molecule has 0 radical (unpaired) electrons. The first kappa shape index (κ1) is 15.2. The van der Waals surface area contributed by atoms with Crippen molar-refractivity contribution in [2.75, 3.05) is 46.6 Å². The highest BCUT2D eigenvalue weighted by molar-refractivity contribution is 5.48. The van der Waals surface area contributed by atoms with E-state index < -0.39 is 0 Å². The van der Waals surface area contributed by atoms with Gasteiger partial charge in [-0.25, -0.2) is 0 Å². The maximum absolute atomic E-state index is 5.46. The van der Waals surface area contributed by atoms with Crippen LogP contribution >= 0.6 is 0 Å². The minimum Gasteiger partial charge on any atom is -0.383 e. The molecule has 0 bridgehead atoms. The molecule has 1 fully saturated rings. The predicted molar refractivity (Wildman–Crippen MR) is 82.7 cm³/mol. The summed E-state index contributed by atoms with van der Waals surface area (Å²) >= 11 is 0. The number of rotatable bonds is 8. The molecule has 0 unspecified atom stereocenters. The molecule has 0 amide bonds. The Morgan fingerprint density at radius 2 is 2.20 bits per heavy atom. The molecule has 1 saturated heterocycles. The largest absolute Gasteiger partial charge is 0.383 e. The van der Waals surface area contributed by atoms with Crippen molar-refractivity contribution in [1.29, 1.82) is 0 Å². The van der Waals surface area contributed by atoms with E-state index in [1.807, 2.05) is 6.07 Å². The van der Waals surface area contributed by atoms with Gasteiger partial charge in [0, 0.05) is 33.4 Å². The SMILES string of the molecule is COCCN(C/C=C/c1ccccc1)C[C@@H]1CCOC1. The van der Waals surface area contributed by atoms with Gasteiger partial charge in [-0.1, -0.05) is 42.5 Å². The minimum atomic E-state index is 0.678. The van der Waals surface area contributed by atoms with E-state index in [0.29, 0.717) is 5.92 Å². The lowest BCUT2D eigenvalue weighted by atomic mass is 10.1. The Balaban J connectivity index is 1.81. The van der Waals surface area contributed by atoms with Gasteiger partial charge in [0.25, 0.3) is 0 Å². The summed E-state index contributed by atoms with van der Waals surface area (Å²) in [6, 6.07) is 10.4. The van der Waals surface area contributed by atoms with Gasteiger partial charge >= 0.3 is 0 Å². The third-order valence-electron chi connectivity index (χ3n) is 3.63. The van der Waals surface area contributed by atoms with Gasteiger partial charge in [0.2, 0.25) is 0 Å². The summed E-state index contributed by atoms with van der Waals surface area (Å²) in [5, 5.41) is 0. The number of ether oxygens (including phenoxy) is 2. The maximum atomic E-state index is 5.46. The van der Waals surface area contributed by atoms with Gasteiger partial charge in [0.15, 0.2) is 0 Å². The van der Waals surface area contributed by atoms with Crippen molar-refractivity contribution in [3.05, 3.63) is 42.0 Å². The van der Waals surface area contributed by atoms with E-state index in [0.717, 1.165) is 39.5 Å². The summed E-state index contributed by atoms with van der Waals surface area (Å²) in [6.45, 7) is 5.66. The first-order valence-electron chi connectivity index (χ1n) is 7.39. The number of hydrogen-bond donors (Lipinski definition) is 0. The molecule has 0 aliphatic carbocycles. The summed E-state index contributed by atoms with van der Waals surface area (Å²) in [5.74, 6) is 0.678. The van der Waals surface area contributed by atoms with Gasteiger partial charge in [0.1, 0.15) is 0 Å². The van der Waals surface area contributed by atoms with Crippen LogP contribution in [0, 0.1) is 5.92 Å². The molecule has 1 aromatic carbocycles. The fourth-order valence-electron chi connectivity index (χ4n) is 2.47. The lowest BCUT2D eigenvalue weighted by Gasteiger charge is -2.23. The van der Waals surface area contributed by atoms with Gasteiger partial charge in [-0.3, -0.25) is 4.90 Å². The first-order chi connectivity index (χ1) is 9.88. The zero-order valence-corrected chi connectivity index (χ0v) is 12.3. The zero-order valence-electron chi connectivity index (χ0n) is 12.3. The van der Waals surface area contributed by atoms with Crippen molar-refractivity contribution in [2.45, 2.75) is 6.42 Å². The second-order valence-electron chi connectivity index (χ2n) is 5.30. The first-order valence-corrected chi connectivity index (χ1v) is 7.39. The topological polar surface area (TPSA) is 21.7 Å². The Morgan fingerprint density at radius 1 is 1.35 bits per heavy atom. The van der Waals surface area contributed by atoms with E-state index in [2.05, 4.69) is 41.3 Å². The highest BCUT2D eigenvalue weighted by Crippen LogP contribution is 2.14. The third kappa shape index (κ3) is 5.45. The highest BCUT2D eigenvalue weighted by atomic mass is 16.5. The molecule has 0 aromatic heterocycles. The lowest BCUT2D eigenvalue weighted by molar-refractivity contribution is 0.135. The van der Waals surface area contributed by atoms with E-state index in [9.17, 15) is 0 Å². The summed E-state index contributed by atoms with van der Waals surface area (Å²) in [5.41, 5.74) is 1.25. The van der Waals surface area contributed by atoms with Crippen molar-refractivity contribution in [3.63, 3.8) is 0 Å². The molecule has 0 saturated carbocycles. The lowest BCUT2D eigenvalue weighted by Crippen LogP contribution is -2.32. The van der Waals surface area contributed by atoms with E-state index >= 15 is 0 Å². The van der Waals surface area contributed by atoms with Crippen molar-refractivity contribution in [2.24, 2.45) is 5.92 Å². The van der Waals surface area contributed by atoms with Gasteiger partial charge < -0.3 is 9.47 Å². The van der Waals surface area contributed by atoms with E-state index in [4.69, 9.17) is 9.47 Å². The second kappa shape index (κ2) is 8.90. The quantitative estimate of drug-likeness (QED) is 0.728. The van der Waals surface area contributed by atoms with Crippen molar-refractivity contribution >= 4 is 6.08 Å². The molecule has 1 heterocycles. The number of benzene rings is 1. The number of methoxy groups -OCH3 is 1. The second-order valence-corrected chi connectivity index (χ2v) is 5.30. The minimum absolute atomic E-state index is 0.678. The molecule has 20 heavy (non-hydrogen) atoms. The van der Waals surface area contributed by atoms with Crippen LogP contribution in [0.1, 0.15) is 12.0 Å². The number of nitrogens with zero attached hydrogens (tertiary/aromatic N) is 1. The van der Waals surface area contributed by atoms with Crippen LogP contribution in [0.15, 0.2) is 36.4 Å². The summed E-state index contributed by atoms with van der Waals surface area (Å²) < 4.78 is 10.7. The Bertz CT molecular complexity index is 385. The zero-order chi connectivity index (χ0) is 14.0. The van der Waals surface area contributed by atoms with Crippen molar-refractivity contribution < 1.29 is 9.47 Å². The third-order valence-corrected chi connectivity index (χ3v) is 3.63. The molecular formula is C17H25NO2. The smallest absolute Gasteiger partial charge is 0.0589 e. The van der Waals surface area contributed by atoms with Crippen LogP contribution in [-0.4, -0.2) is 51.5 Å². The molecule has 110 valence electrons. The highest BCUT2D eigenvalue weighted by Gasteiger charge is 2.18. The van der Waals surface area contributed by atoms with E-state index in [1.54, 1.807) is 7.11 Å². The molecule has 0 spiro atoms. The molecule has 3 nitrogen and oxygen atoms in total. The average molecular weight is 275 g/mol. The van der Waals surface area contributed by atoms with Crippen LogP contribution in [0.5, 0.6) is 0 Å². The molecule has 3 heteroatoms. The predicted octanol–water partition coefficient (Wildman–Crippen LogP) is 2.68. The van der Waals surface area contributed by atoms with Crippen LogP contribution < -0.4 is 0 Å². The summed E-state index contributed by atoms with van der Waals surface area (Å²) in [7, 11) is 1.76. The Labute approximate surface area is 122 Å². The van der Waals surface area contributed by atoms with Crippen LogP contribution in [0.3, 0.4) is 0 Å². The van der Waals surface area contributed by atoms with Crippen molar-refractivity contribution in [1.82, 2.24) is 4.90 Å². The molecule has 1 aliphatic rings. The monoisotopic (exact) mass is 275 g/mol. The van der Waals surface area contributed by atoms with E-state index in [-0.39, 0.29) is 0 Å². The normalized spacial score (nSPS) is 19.2. The standard InChI is InChI=1S/C17H25NO2/c1-19-13-11-18(14-17-9-12-20-15-17)10-5-8-16-6-3-2-4-7-16/h2-8,17H,9-15H2,1H3/b8-5+/t17-/m0/s1. The molecular weight excluding hydrogens is 250 g/mol. The number of hydrogen-bond acceptors (Lipinski definition) is 3.